The molecular formula is C27H28Cl2HfSi. The quantitative estimate of drug-likeness (QED) is 0.203. The Hall–Kier alpha value is -1.19. The Morgan fingerprint density at radius 1 is 0.839 bits per heavy atom. The van der Waals surface area contributed by atoms with Crippen LogP contribution in [0.5, 0.6) is 0 Å². The summed E-state index contributed by atoms with van der Waals surface area (Å²) < 4.78 is 0. The molecule has 0 bridgehead atoms. The molecule has 3 aromatic rings. The second-order valence-electron chi connectivity index (χ2n) is 8.71. The van der Waals surface area contributed by atoms with E-state index in [1.165, 1.54) is 33.4 Å². The molecule has 0 nitrogen and oxygen atoms in total. The van der Waals surface area contributed by atoms with E-state index >= 15 is 0 Å². The summed E-state index contributed by atoms with van der Waals surface area (Å²) >= 11 is 0. The molecule has 1 atom stereocenters. The van der Waals surface area contributed by atoms with Gasteiger partial charge in [0.25, 0.3) is 0 Å². The van der Waals surface area contributed by atoms with Gasteiger partial charge in [0.15, 0.2) is 0 Å². The van der Waals surface area contributed by atoms with Gasteiger partial charge in [0.1, 0.15) is 0 Å². The van der Waals surface area contributed by atoms with Crippen molar-refractivity contribution in [3.8, 4) is 11.1 Å². The van der Waals surface area contributed by atoms with Gasteiger partial charge in [0.05, 0.1) is 8.07 Å². The number of hydrogen-bond acceptors (Lipinski definition) is 0. The van der Waals surface area contributed by atoms with Gasteiger partial charge < -0.3 is 0 Å². The first kappa shape index (κ1) is 26.1. The maximum atomic E-state index is 4.16. The molecule has 0 heterocycles. The minimum atomic E-state index is -1.92. The molecule has 158 valence electrons. The van der Waals surface area contributed by atoms with E-state index in [1.807, 2.05) is 0 Å². The minimum Gasteiger partial charge on any atom is -0.147 e. The number of benzene rings is 3. The van der Waals surface area contributed by atoms with E-state index in [2.05, 4.69) is 111 Å². The van der Waals surface area contributed by atoms with Crippen LogP contribution < -0.4 is 0 Å². The molecule has 3 aromatic carbocycles. The summed E-state index contributed by atoms with van der Waals surface area (Å²) in [5.41, 5.74) is 9.23. The van der Waals surface area contributed by atoms with Crippen molar-refractivity contribution in [2.24, 2.45) is 0 Å². The van der Waals surface area contributed by atoms with E-state index < -0.39 is 8.07 Å². The molecule has 0 aromatic heterocycles. The topological polar surface area (TPSA) is 0 Å². The van der Waals surface area contributed by atoms with Crippen LogP contribution in [-0.4, -0.2) is 8.07 Å². The molecular weight excluding hydrogens is 602 g/mol. The largest absolute Gasteiger partial charge is 0.147 e. The first-order chi connectivity index (χ1) is 13.6. The number of hydrogen-bond donors (Lipinski definition) is 0. The van der Waals surface area contributed by atoms with Gasteiger partial charge in [0.2, 0.25) is 0 Å². The third-order valence-electron chi connectivity index (χ3n) is 7.16. The average Bonchev–Trinajstić information content (AvgIpc) is 3.26. The average molecular weight is 630 g/mol. The molecule has 0 spiro atoms. The second-order valence-corrected chi connectivity index (χ2v) is 13.6. The van der Waals surface area contributed by atoms with E-state index in [-0.39, 0.29) is 55.7 Å². The SMILES string of the molecule is C=CCC1([Si](C)(C)C2c3ccccc3-c3ccccc32)C=Cc2ccccc21.Cl.Cl.[Hf]. The van der Waals surface area contributed by atoms with E-state index in [4.69, 9.17) is 0 Å². The van der Waals surface area contributed by atoms with Crippen LogP contribution in [0.25, 0.3) is 17.2 Å². The van der Waals surface area contributed by atoms with Crippen molar-refractivity contribution in [1.29, 1.82) is 0 Å². The van der Waals surface area contributed by atoms with Gasteiger partial charge in [0, 0.05) is 36.4 Å². The van der Waals surface area contributed by atoms with Crippen molar-refractivity contribution in [2.75, 3.05) is 0 Å². The molecule has 4 heteroatoms. The van der Waals surface area contributed by atoms with Crippen LogP contribution in [0, 0.1) is 0 Å². The van der Waals surface area contributed by atoms with Gasteiger partial charge in [-0.3, -0.25) is 0 Å². The number of allylic oxidation sites excluding steroid dienone is 2. The summed E-state index contributed by atoms with van der Waals surface area (Å²) in [6, 6.07) is 27.1. The standard InChI is InChI=1S/C27H26Si.2ClH.Hf/c1-4-18-27(19-17-20-11-5-10-16-25(20)27)28(2,3)26-23-14-8-6-12-21(23)22-13-7-9-15-24(22)26;;;/h4-17,19,26H,1,18H2,2-3H3;2*1H;. The first-order valence-corrected chi connectivity index (χ1v) is 13.3. The number of rotatable bonds is 4. The molecule has 1 unspecified atom stereocenters. The van der Waals surface area contributed by atoms with Crippen molar-refractivity contribution in [1.82, 2.24) is 0 Å². The number of fused-ring (bicyclic) bond motifs is 4. The Kier molecular flexibility index (Phi) is 8.19. The Bertz CT molecular complexity index is 1080. The van der Waals surface area contributed by atoms with E-state index in [0.717, 1.165) is 6.42 Å². The van der Waals surface area contributed by atoms with E-state index in [9.17, 15) is 0 Å². The molecule has 0 amide bonds. The Labute approximate surface area is 218 Å². The third-order valence-corrected chi connectivity index (χ3v) is 12.2. The van der Waals surface area contributed by atoms with Crippen LogP contribution >= 0.6 is 24.8 Å². The number of halogens is 2. The van der Waals surface area contributed by atoms with Crippen molar-refractivity contribution in [3.05, 3.63) is 114 Å². The van der Waals surface area contributed by atoms with E-state index in [0.29, 0.717) is 5.54 Å². The van der Waals surface area contributed by atoms with Crippen molar-refractivity contribution >= 4 is 39.0 Å². The van der Waals surface area contributed by atoms with Crippen LogP contribution in [0.4, 0.5) is 0 Å². The van der Waals surface area contributed by atoms with Gasteiger partial charge in [-0.1, -0.05) is 104 Å². The first-order valence-electron chi connectivity index (χ1n) is 10.2. The van der Waals surface area contributed by atoms with Gasteiger partial charge in [-0.2, -0.15) is 0 Å². The third kappa shape index (κ3) is 3.70. The Morgan fingerprint density at radius 3 is 1.94 bits per heavy atom. The smallest absolute Gasteiger partial charge is 0.0765 e. The molecule has 31 heavy (non-hydrogen) atoms. The van der Waals surface area contributed by atoms with Crippen LogP contribution in [0.1, 0.15) is 34.2 Å². The predicted octanol–water partition coefficient (Wildman–Crippen LogP) is 7.97. The van der Waals surface area contributed by atoms with Crippen molar-refractivity contribution < 1.29 is 25.8 Å². The maximum Gasteiger partial charge on any atom is 0.0765 e. The maximum absolute atomic E-state index is 4.16. The van der Waals surface area contributed by atoms with Crippen molar-refractivity contribution in [2.45, 2.75) is 30.1 Å². The minimum absolute atomic E-state index is 0. The van der Waals surface area contributed by atoms with Crippen molar-refractivity contribution in [3.63, 3.8) is 0 Å². The van der Waals surface area contributed by atoms with Crippen LogP contribution in [0.3, 0.4) is 0 Å². The van der Waals surface area contributed by atoms with Crippen LogP contribution in [0.15, 0.2) is 91.5 Å². The molecule has 0 saturated heterocycles. The fourth-order valence-corrected chi connectivity index (χ4v) is 10.5. The fourth-order valence-electron chi connectivity index (χ4n) is 5.79. The Balaban J connectivity index is 0.00000114. The zero-order valence-corrected chi connectivity index (χ0v) is 24.2. The molecule has 2 aliphatic rings. The molecule has 0 fully saturated rings. The summed E-state index contributed by atoms with van der Waals surface area (Å²) in [6.07, 6.45) is 7.99. The zero-order chi connectivity index (χ0) is 19.4. The summed E-state index contributed by atoms with van der Waals surface area (Å²) in [5, 5.41) is 0.0700. The summed E-state index contributed by atoms with van der Waals surface area (Å²) in [6.45, 7) is 9.34. The summed E-state index contributed by atoms with van der Waals surface area (Å²) in [7, 11) is -1.92. The van der Waals surface area contributed by atoms with E-state index in [1.54, 1.807) is 0 Å². The fraction of sp³-hybridized carbons (Fsp3) is 0.185. The zero-order valence-electron chi connectivity index (χ0n) is 18.0. The molecule has 0 radical (unpaired) electrons. The molecule has 0 saturated carbocycles. The van der Waals surface area contributed by atoms with Crippen LogP contribution in [0.2, 0.25) is 13.1 Å². The molecule has 2 aliphatic carbocycles. The molecule has 0 aliphatic heterocycles. The monoisotopic (exact) mass is 630 g/mol. The normalized spacial score (nSPS) is 18.0. The summed E-state index contributed by atoms with van der Waals surface area (Å²) in [4.78, 5) is 0. The summed E-state index contributed by atoms with van der Waals surface area (Å²) in [5.74, 6) is 0. The Morgan fingerprint density at radius 2 is 1.35 bits per heavy atom. The molecule has 0 N–H and O–H groups in total. The molecule has 5 rings (SSSR count). The predicted molar refractivity (Wildman–Crippen MR) is 138 cm³/mol. The van der Waals surface area contributed by atoms with Crippen LogP contribution in [-0.2, 0) is 30.9 Å². The second kappa shape index (κ2) is 9.75. The van der Waals surface area contributed by atoms with Gasteiger partial charge >= 0.3 is 0 Å². The van der Waals surface area contributed by atoms with Gasteiger partial charge in [-0.25, -0.2) is 0 Å². The van der Waals surface area contributed by atoms with Gasteiger partial charge in [-0.05, 0) is 39.8 Å². The van der Waals surface area contributed by atoms with Gasteiger partial charge in [-0.15, -0.1) is 31.4 Å².